The van der Waals surface area contributed by atoms with Crippen molar-refractivity contribution in [1.82, 2.24) is 8.61 Å². The van der Waals surface area contributed by atoms with E-state index in [1.807, 2.05) is 0 Å². The Labute approximate surface area is 146 Å². The van der Waals surface area contributed by atoms with Gasteiger partial charge in [0.1, 0.15) is 4.90 Å². The summed E-state index contributed by atoms with van der Waals surface area (Å²) in [7, 11) is -7.11. The molecular formula is C13H16Cl2N2O4S2. The summed E-state index contributed by atoms with van der Waals surface area (Å²) >= 11 is 12.0. The standard InChI is InChI=1S/C13H16Cl2N2O4S2/c14-11-3-1-4-12(15)13(11)23(20,21)16-7-5-10(9-16)17-6-2-8-22(17,18)19/h1,3-4,10H,2,5-9H2. The molecule has 23 heavy (non-hydrogen) atoms. The molecule has 0 saturated carbocycles. The highest BCUT2D eigenvalue weighted by Crippen LogP contribution is 2.34. The maximum absolute atomic E-state index is 12.8. The van der Waals surface area contributed by atoms with Gasteiger partial charge in [0.15, 0.2) is 0 Å². The summed E-state index contributed by atoms with van der Waals surface area (Å²) in [5, 5.41) is 0.129. The number of nitrogens with zero attached hydrogens (tertiary/aromatic N) is 2. The Kier molecular flexibility index (Phi) is 4.67. The molecule has 2 aliphatic heterocycles. The molecule has 0 aromatic heterocycles. The Morgan fingerprint density at radius 1 is 1.13 bits per heavy atom. The Hall–Kier alpha value is -0.380. The van der Waals surface area contributed by atoms with Crippen molar-refractivity contribution in [2.24, 2.45) is 0 Å². The molecule has 0 bridgehead atoms. The van der Waals surface area contributed by atoms with Crippen LogP contribution in [0.5, 0.6) is 0 Å². The van der Waals surface area contributed by atoms with Crippen molar-refractivity contribution < 1.29 is 16.8 Å². The van der Waals surface area contributed by atoms with Crippen LogP contribution in [0.25, 0.3) is 0 Å². The van der Waals surface area contributed by atoms with Gasteiger partial charge in [0.25, 0.3) is 0 Å². The maximum Gasteiger partial charge on any atom is 0.246 e. The lowest BCUT2D eigenvalue weighted by molar-refractivity contribution is 0.345. The molecule has 2 heterocycles. The highest BCUT2D eigenvalue weighted by atomic mass is 35.5. The number of halogens is 2. The molecule has 1 aromatic carbocycles. The second-order valence-corrected chi connectivity index (χ2v) is 10.4. The van der Waals surface area contributed by atoms with Crippen LogP contribution in [-0.2, 0) is 20.0 Å². The third kappa shape index (κ3) is 3.12. The van der Waals surface area contributed by atoms with Crippen molar-refractivity contribution >= 4 is 43.2 Å². The third-order valence-electron chi connectivity index (χ3n) is 4.19. The first kappa shape index (κ1) is 17.4. The van der Waals surface area contributed by atoms with E-state index in [-0.39, 0.29) is 39.8 Å². The van der Waals surface area contributed by atoms with Crippen molar-refractivity contribution in [2.75, 3.05) is 25.4 Å². The highest BCUT2D eigenvalue weighted by molar-refractivity contribution is 7.89. The van der Waals surface area contributed by atoms with Crippen LogP contribution < -0.4 is 0 Å². The largest absolute Gasteiger partial charge is 0.246 e. The summed E-state index contributed by atoms with van der Waals surface area (Å²) in [5.41, 5.74) is 0. The molecule has 2 fully saturated rings. The second-order valence-electron chi connectivity index (χ2n) is 5.64. The zero-order chi connectivity index (χ0) is 16.8. The van der Waals surface area contributed by atoms with Crippen molar-refractivity contribution in [3.8, 4) is 0 Å². The Balaban J connectivity index is 1.86. The first-order valence-corrected chi connectivity index (χ1v) is 11.0. The van der Waals surface area contributed by atoms with Gasteiger partial charge in [0.2, 0.25) is 20.0 Å². The zero-order valence-corrected chi connectivity index (χ0v) is 15.3. The summed E-state index contributed by atoms with van der Waals surface area (Å²) in [6.45, 7) is 0.831. The highest BCUT2D eigenvalue weighted by Gasteiger charge is 2.42. The van der Waals surface area contributed by atoms with Crippen LogP contribution in [0.3, 0.4) is 0 Å². The summed E-state index contributed by atoms with van der Waals surface area (Å²) < 4.78 is 52.3. The minimum Gasteiger partial charge on any atom is -0.212 e. The lowest BCUT2D eigenvalue weighted by Gasteiger charge is -2.23. The summed E-state index contributed by atoms with van der Waals surface area (Å²) in [6, 6.07) is 4.20. The molecule has 2 aliphatic rings. The van der Waals surface area contributed by atoms with E-state index in [9.17, 15) is 16.8 Å². The van der Waals surface area contributed by atoms with E-state index in [1.54, 1.807) is 6.07 Å². The smallest absolute Gasteiger partial charge is 0.212 e. The van der Waals surface area contributed by atoms with Crippen LogP contribution in [0.15, 0.2) is 23.1 Å². The minimum atomic E-state index is -3.85. The van der Waals surface area contributed by atoms with Crippen molar-refractivity contribution in [1.29, 1.82) is 0 Å². The van der Waals surface area contributed by atoms with Crippen LogP contribution in [0, 0.1) is 0 Å². The molecule has 0 aliphatic carbocycles. The molecule has 1 atom stereocenters. The van der Waals surface area contributed by atoms with Crippen LogP contribution >= 0.6 is 23.2 Å². The van der Waals surface area contributed by atoms with E-state index < -0.39 is 20.0 Å². The Morgan fingerprint density at radius 3 is 2.35 bits per heavy atom. The number of rotatable bonds is 3. The number of sulfonamides is 2. The maximum atomic E-state index is 12.8. The van der Waals surface area contributed by atoms with Crippen LogP contribution in [-0.4, -0.2) is 56.9 Å². The third-order valence-corrected chi connectivity index (χ3v) is 9.01. The van der Waals surface area contributed by atoms with Gasteiger partial charge in [-0.1, -0.05) is 29.3 Å². The quantitative estimate of drug-likeness (QED) is 0.777. The van der Waals surface area contributed by atoms with Gasteiger partial charge in [0, 0.05) is 25.7 Å². The molecule has 10 heteroatoms. The number of hydrogen-bond donors (Lipinski definition) is 0. The molecule has 6 nitrogen and oxygen atoms in total. The van der Waals surface area contributed by atoms with Crippen LogP contribution in [0.4, 0.5) is 0 Å². The SMILES string of the molecule is O=S1(=O)CCCN1C1CCN(S(=O)(=O)c2c(Cl)cccc2Cl)C1. The van der Waals surface area contributed by atoms with Gasteiger partial charge < -0.3 is 0 Å². The first-order chi connectivity index (χ1) is 10.7. The summed E-state index contributed by atoms with van der Waals surface area (Å²) in [6.07, 6.45) is 1.06. The average Bonchev–Trinajstić information content (AvgIpc) is 3.04. The fraction of sp³-hybridized carbons (Fsp3) is 0.538. The number of hydrogen-bond acceptors (Lipinski definition) is 4. The monoisotopic (exact) mass is 398 g/mol. The van der Waals surface area contributed by atoms with Crippen molar-refractivity contribution in [3.63, 3.8) is 0 Å². The molecule has 1 unspecified atom stereocenters. The van der Waals surface area contributed by atoms with E-state index in [1.165, 1.54) is 20.7 Å². The molecule has 3 rings (SSSR count). The molecule has 0 spiro atoms. The van der Waals surface area contributed by atoms with E-state index in [4.69, 9.17) is 23.2 Å². The first-order valence-electron chi connectivity index (χ1n) is 7.17. The molecular weight excluding hydrogens is 383 g/mol. The van der Waals surface area contributed by atoms with Gasteiger partial charge in [-0.15, -0.1) is 0 Å². The molecule has 2 saturated heterocycles. The lowest BCUT2D eigenvalue weighted by atomic mass is 10.2. The van der Waals surface area contributed by atoms with Crippen molar-refractivity contribution in [3.05, 3.63) is 28.2 Å². The minimum absolute atomic E-state index is 0.0646. The van der Waals surface area contributed by atoms with Gasteiger partial charge >= 0.3 is 0 Å². The summed E-state index contributed by atoms with van der Waals surface area (Å²) in [5.74, 6) is 0.132. The van der Waals surface area contributed by atoms with E-state index in [2.05, 4.69) is 0 Å². The van der Waals surface area contributed by atoms with E-state index in [0.29, 0.717) is 19.4 Å². The van der Waals surface area contributed by atoms with Gasteiger partial charge in [-0.25, -0.2) is 16.8 Å². The molecule has 1 aromatic rings. The zero-order valence-electron chi connectivity index (χ0n) is 12.2. The van der Waals surface area contributed by atoms with Gasteiger partial charge in [0.05, 0.1) is 15.8 Å². The van der Waals surface area contributed by atoms with Crippen molar-refractivity contribution in [2.45, 2.75) is 23.8 Å². The Morgan fingerprint density at radius 2 is 1.78 bits per heavy atom. The van der Waals surface area contributed by atoms with E-state index in [0.717, 1.165) is 0 Å². The molecule has 0 N–H and O–H groups in total. The van der Waals surface area contributed by atoms with Gasteiger partial charge in [-0.2, -0.15) is 8.61 Å². The molecule has 0 amide bonds. The van der Waals surface area contributed by atoms with E-state index >= 15 is 0 Å². The van der Waals surface area contributed by atoms with Crippen LogP contribution in [0.2, 0.25) is 10.0 Å². The predicted octanol–water partition coefficient (Wildman–Crippen LogP) is 1.79. The lowest BCUT2D eigenvalue weighted by Crippen LogP contribution is -2.39. The topological polar surface area (TPSA) is 74.8 Å². The Bertz CT molecular complexity index is 806. The average molecular weight is 399 g/mol. The second kappa shape index (κ2) is 6.16. The summed E-state index contributed by atoms with van der Waals surface area (Å²) in [4.78, 5) is -0.117. The number of benzene rings is 1. The van der Waals surface area contributed by atoms with Gasteiger partial charge in [-0.05, 0) is 25.0 Å². The predicted molar refractivity (Wildman–Crippen MR) is 88.7 cm³/mol. The fourth-order valence-corrected chi connectivity index (χ4v) is 7.44. The van der Waals surface area contributed by atoms with Crippen LogP contribution in [0.1, 0.15) is 12.8 Å². The molecule has 0 radical (unpaired) electrons. The normalized spacial score (nSPS) is 25.9. The van der Waals surface area contributed by atoms with Gasteiger partial charge in [-0.3, -0.25) is 0 Å². The fourth-order valence-electron chi connectivity index (χ4n) is 3.09. The molecule has 128 valence electrons.